The largest absolute Gasteiger partial charge is 0.352 e. The van der Waals surface area contributed by atoms with Crippen molar-refractivity contribution < 1.29 is 9.59 Å². The van der Waals surface area contributed by atoms with E-state index in [2.05, 4.69) is 21.2 Å². The van der Waals surface area contributed by atoms with Gasteiger partial charge in [0, 0.05) is 17.1 Å². The number of hydrogen-bond donors (Lipinski definition) is 1. The van der Waals surface area contributed by atoms with E-state index in [0.717, 1.165) is 46.8 Å². The zero-order chi connectivity index (χ0) is 21.5. The second kappa shape index (κ2) is 10.8. The molecule has 30 heavy (non-hydrogen) atoms. The van der Waals surface area contributed by atoms with E-state index in [9.17, 15) is 9.59 Å². The summed E-state index contributed by atoms with van der Waals surface area (Å²) in [6.07, 6.45) is 5.91. The van der Waals surface area contributed by atoms with Crippen molar-refractivity contribution in [2.24, 2.45) is 0 Å². The van der Waals surface area contributed by atoms with Crippen LogP contribution in [-0.2, 0) is 22.6 Å². The van der Waals surface area contributed by atoms with Gasteiger partial charge in [0.2, 0.25) is 11.8 Å². The minimum absolute atomic E-state index is 0.0342. The van der Waals surface area contributed by atoms with Crippen LogP contribution in [0.1, 0.15) is 55.7 Å². The van der Waals surface area contributed by atoms with Gasteiger partial charge < -0.3 is 10.2 Å². The summed E-state index contributed by atoms with van der Waals surface area (Å²) in [5, 5.41) is 3.18. The molecule has 0 aliphatic heterocycles. The molecule has 1 saturated carbocycles. The molecule has 0 saturated heterocycles. The molecule has 1 aliphatic rings. The highest BCUT2D eigenvalue weighted by atomic mass is 79.9. The lowest BCUT2D eigenvalue weighted by molar-refractivity contribution is -0.140. The molecule has 2 amide bonds. The van der Waals surface area contributed by atoms with Crippen LogP contribution in [0, 0.1) is 6.92 Å². The number of nitrogens with one attached hydrogen (secondary N) is 1. The van der Waals surface area contributed by atoms with Crippen molar-refractivity contribution in [3.63, 3.8) is 0 Å². The number of nitrogens with zero attached hydrogens (tertiary/aromatic N) is 1. The Morgan fingerprint density at radius 3 is 2.23 bits per heavy atom. The van der Waals surface area contributed by atoms with E-state index >= 15 is 0 Å². The van der Waals surface area contributed by atoms with Crippen LogP contribution in [-0.4, -0.2) is 28.8 Å². The normalized spacial score (nSPS) is 15.4. The number of amides is 2. The van der Waals surface area contributed by atoms with Gasteiger partial charge in [0.15, 0.2) is 0 Å². The number of halogens is 1. The molecule has 0 radical (unpaired) electrons. The van der Waals surface area contributed by atoms with Gasteiger partial charge in [-0.2, -0.15) is 0 Å². The highest BCUT2D eigenvalue weighted by Crippen LogP contribution is 2.19. The van der Waals surface area contributed by atoms with Crippen molar-refractivity contribution in [1.29, 1.82) is 0 Å². The van der Waals surface area contributed by atoms with Crippen LogP contribution in [0.2, 0.25) is 0 Å². The summed E-state index contributed by atoms with van der Waals surface area (Å²) in [5.74, 6) is -0.0932. The zero-order valence-corrected chi connectivity index (χ0v) is 19.5. The minimum Gasteiger partial charge on any atom is -0.352 e. The summed E-state index contributed by atoms with van der Waals surface area (Å²) < 4.78 is 0.992. The third-order valence-corrected chi connectivity index (χ3v) is 6.39. The molecule has 0 heterocycles. The van der Waals surface area contributed by atoms with Gasteiger partial charge in [-0.3, -0.25) is 9.59 Å². The van der Waals surface area contributed by atoms with Crippen LogP contribution in [0.5, 0.6) is 0 Å². The topological polar surface area (TPSA) is 49.4 Å². The first-order valence-electron chi connectivity index (χ1n) is 10.8. The van der Waals surface area contributed by atoms with E-state index in [1.54, 1.807) is 4.90 Å². The van der Waals surface area contributed by atoms with E-state index in [4.69, 9.17) is 0 Å². The number of benzene rings is 2. The molecule has 1 atom stereocenters. The van der Waals surface area contributed by atoms with Crippen LogP contribution >= 0.6 is 15.9 Å². The quantitative estimate of drug-likeness (QED) is 0.606. The van der Waals surface area contributed by atoms with E-state index in [1.165, 1.54) is 6.42 Å². The lowest BCUT2D eigenvalue weighted by Gasteiger charge is -2.31. The average molecular weight is 471 g/mol. The van der Waals surface area contributed by atoms with Crippen LogP contribution in [0.15, 0.2) is 53.0 Å². The summed E-state index contributed by atoms with van der Waals surface area (Å²) >= 11 is 3.45. The van der Waals surface area contributed by atoms with Gasteiger partial charge in [-0.15, -0.1) is 0 Å². The van der Waals surface area contributed by atoms with Gasteiger partial charge in [0.25, 0.3) is 0 Å². The first-order chi connectivity index (χ1) is 14.4. The van der Waals surface area contributed by atoms with Crippen molar-refractivity contribution in [3.05, 3.63) is 69.7 Å². The van der Waals surface area contributed by atoms with Gasteiger partial charge in [0.1, 0.15) is 6.04 Å². The Balaban J connectivity index is 1.74. The molecule has 2 aromatic carbocycles. The highest BCUT2D eigenvalue weighted by molar-refractivity contribution is 9.10. The molecule has 4 nitrogen and oxygen atoms in total. The second-order valence-corrected chi connectivity index (χ2v) is 9.25. The highest BCUT2D eigenvalue weighted by Gasteiger charge is 2.28. The molecule has 0 bridgehead atoms. The average Bonchev–Trinajstić information content (AvgIpc) is 2.75. The Labute approximate surface area is 188 Å². The lowest BCUT2D eigenvalue weighted by atomic mass is 9.95. The van der Waals surface area contributed by atoms with Crippen LogP contribution in [0.3, 0.4) is 0 Å². The molecule has 0 aromatic heterocycles. The maximum absolute atomic E-state index is 13.2. The van der Waals surface area contributed by atoms with Crippen molar-refractivity contribution in [3.8, 4) is 0 Å². The van der Waals surface area contributed by atoms with Crippen molar-refractivity contribution in [1.82, 2.24) is 10.2 Å². The molecule has 1 fully saturated rings. The Morgan fingerprint density at radius 1 is 1.00 bits per heavy atom. The summed E-state index contributed by atoms with van der Waals surface area (Å²) in [5.41, 5.74) is 3.14. The van der Waals surface area contributed by atoms with E-state index in [-0.39, 0.29) is 24.3 Å². The van der Waals surface area contributed by atoms with Crippen LogP contribution in [0.4, 0.5) is 0 Å². The maximum atomic E-state index is 13.2. The van der Waals surface area contributed by atoms with E-state index in [1.807, 2.05) is 62.4 Å². The molecular weight excluding hydrogens is 440 g/mol. The fourth-order valence-corrected chi connectivity index (χ4v) is 4.18. The Morgan fingerprint density at radius 2 is 1.60 bits per heavy atom. The number of aryl methyl sites for hydroxylation is 1. The summed E-state index contributed by atoms with van der Waals surface area (Å²) in [7, 11) is 0. The molecule has 160 valence electrons. The van der Waals surface area contributed by atoms with Crippen LogP contribution in [0.25, 0.3) is 0 Å². The molecule has 1 N–H and O–H groups in total. The molecule has 0 spiro atoms. The van der Waals surface area contributed by atoms with Crippen LogP contribution < -0.4 is 5.32 Å². The monoisotopic (exact) mass is 470 g/mol. The van der Waals surface area contributed by atoms with Crippen molar-refractivity contribution in [2.75, 3.05) is 0 Å². The van der Waals surface area contributed by atoms with Gasteiger partial charge in [-0.1, -0.05) is 77.2 Å². The third kappa shape index (κ3) is 6.43. The fourth-order valence-electron chi connectivity index (χ4n) is 3.92. The maximum Gasteiger partial charge on any atom is 0.242 e. The third-order valence-electron chi connectivity index (χ3n) is 5.86. The minimum atomic E-state index is -0.520. The molecule has 3 rings (SSSR count). The van der Waals surface area contributed by atoms with Gasteiger partial charge in [-0.05, 0) is 49.9 Å². The molecule has 5 heteroatoms. The Bertz CT molecular complexity index is 842. The number of carbonyl (C=O) groups excluding carboxylic acids is 2. The first-order valence-corrected chi connectivity index (χ1v) is 11.6. The summed E-state index contributed by atoms with van der Waals surface area (Å²) in [6, 6.07) is 15.6. The fraction of sp³-hybridized carbons (Fsp3) is 0.440. The van der Waals surface area contributed by atoms with Gasteiger partial charge >= 0.3 is 0 Å². The van der Waals surface area contributed by atoms with Gasteiger partial charge in [-0.25, -0.2) is 0 Å². The van der Waals surface area contributed by atoms with Crippen molar-refractivity contribution in [2.45, 2.75) is 71.0 Å². The smallest absolute Gasteiger partial charge is 0.242 e. The first kappa shape index (κ1) is 22.5. The molecule has 1 aliphatic carbocycles. The Hall–Kier alpha value is -2.14. The summed E-state index contributed by atoms with van der Waals surface area (Å²) in [6.45, 7) is 4.28. The van der Waals surface area contributed by atoms with Crippen molar-refractivity contribution >= 4 is 27.7 Å². The lowest BCUT2D eigenvalue weighted by Crippen LogP contribution is -2.50. The standard InChI is InChI=1S/C25H31BrN2O2/c1-18-8-10-20(11-9-18)16-24(29)28(17-21-12-14-22(26)15-13-21)19(2)25(30)27-23-6-4-3-5-7-23/h8-15,19,23H,3-7,16-17H2,1-2H3,(H,27,30). The van der Waals surface area contributed by atoms with E-state index in [0.29, 0.717) is 6.54 Å². The number of carbonyl (C=O) groups is 2. The predicted molar refractivity (Wildman–Crippen MR) is 124 cm³/mol. The molecule has 2 aromatic rings. The van der Waals surface area contributed by atoms with E-state index < -0.39 is 6.04 Å². The second-order valence-electron chi connectivity index (χ2n) is 8.33. The summed E-state index contributed by atoms with van der Waals surface area (Å²) in [4.78, 5) is 27.9. The number of hydrogen-bond acceptors (Lipinski definition) is 2. The number of rotatable bonds is 7. The van der Waals surface area contributed by atoms with Gasteiger partial charge in [0.05, 0.1) is 6.42 Å². The molecular formula is C25H31BrN2O2. The zero-order valence-electron chi connectivity index (χ0n) is 17.9. The Kier molecular flexibility index (Phi) is 8.08. The SMILES string of the molecule is Cc1ccc(CC(=O)N(Cc2ccc(Br)cc2)C(C)C(=O)NC2CCCCC2)cc1. The molecule has 1 unspecified atom stereocenters. The predicted octanol–water partition coefficient (Wildman–Crippen LogP) is 5.17.